The van der Waals surface area contributed by atoms with E-state index in [9.17, 15) is 0 Å². The summed E-state index contributed by atoms with van der Waals surface area (Å²) < 4.78 is 20.3. The third-order valence-corrected chi connectivity index (χ3v) is 9.94. The molecule has 3 nitrogen and oxygen atoms in total. The zero-order valence-corrected chi connectivity index (χ0v) is 23.3. The highest BCUT2D eigenvalue weighted by molar-refractivity contribution is 7.31. The SMILES string of the molecule is C1=CCc2c(ccc3op(O[C@@H]4CCCC[C@H]4c4ccc5ccccc5c4)oc4ccc5ccccc5c4c23)C1. The van der Waals surface area contributed by atoms with Crippen molar-refractivity contribution in [3.8, 4) is 0 Å². The molecule has 2 aliphatic carbocycles. The first-order valence-electron chi connectivity index (χ1n) is 14.5. The third kappa shape index (κ3) is 4.17. The van der Waals surface area contributed by atoms with Crippen molar-refractivity contribution >= 4 is 51.7 Å². The minimum absolute atomic E-state index is 0.0482. The lowest BCUT2D eigenvalue weighted by molar-refractivity contribution is 0.172. The summed E-state index contributed by atoms with van der Waals surface area (Å²) in [5.41, 5.74) is 5.77. The van der Waals surface area contributed by atoms with Crippen LogP contribution in [0, 0.1) is 0 Å². The molecule has 8 rings (SSSR count). The molecular weight excluding hydrogens is 511 g/mol. The van der Waals surface area contributed by atoms with Gasteiger partial charge < -0.3 is 8.39 Å². The van der Waals surface area contributed by atoms with Crippen molar-refractivity contribution in [2.75, 3.05) is 0 Å². The highest BCUT2D eigenvalue weighted by Crippen LogP contribution is 2.43. The van der Waals surface area contributed by atoms with E-state index in [2.05, 4.69) is 103 Å². The minimum Gasteiger partial charge on any atom is -0.399 e. The van der Waals surface area contributed by atoms with Crippen LogP contribution in [0.4, 0.5) is 0 Å². The van der Waals surface area contributed by atoms with E-state index in [1.54, 1.807) is 0 Å². The van der Waals surface area contributed by atoms with Crippen LogP contribution in [0.5, 0.6) is 0 Å². The molecule has 0 amide bonds. The molecule has 0 saturated heterocycles. The van der Waals surface area contributed by atoms with Crippen LogP contribution in [0.15, 0.2) is 112 Å². The van der Waals surface area contributed by atoms with Crippen molar-refractivity contribution in [2.45, 2.75) is 50.5 Å². The predicted octanol–water partition coefficient (Wildman–Crippen LogP) is 10.4. The molecule has 198 valence electrons. The van der Waals surface area contributed by atoms with Gasteiger partial charge in [-0.3, -0.25) is 4.52 Å². The Balaban J connectivity index is 1.30. The predicted molar refractivity (Wildman–Crippen MR) is 166 cm³/mol. The van der Waals surface area contributed by atoms with E-state index < -0.39 is 8.24 Å². The fourth-order valence-electron chi connectivity index (χ4n) is 6.82. The molecule has 0 aliphatic heterocycles. The summed E-state index contributed by atoms with van der Waals surface area (Å²) >= 11 is 0. The van der Waals surface area contributed by atoms with Crippen molar-refractivity contribution < 1.29 is 12.9 Å². The molecule has 0 spiro atoms. The lowest BCUT2D eigenvalue weighted by atomic mass is 9.81. The Morgan fingerprint density at radius 3 is 2.30 bits per heavy atom. The summed E-state index contributed by atoms with van der Waals surface area (Å²) in [5, 5.41) is 7.25. The maximum Gasteiger partial charge on any atom is 0.387 e. The van der Waals surface area contributed by atoms with E-state index in [-0.39, 0.29) is 6.10 Å². The van der Waals surface area contributed by atoms with Gasteiger partial charge in [0, 0.05) is 16.7 Å². The molecule has 1 heterocycles. The second-order valence-electron chi connectivity index (χ2n) is 11.2. The van der Waals surface area contributed by atoms with Crippen LogP contribution < -0.4 is 4.52 Å². The normalized spacial score (nSPS) is 19.4. The van der Waals surface area contributed by atoms with Crippen molar-refractivity contribution in [2.24, 2.45) is 0 Å². The summed E-state index contributed by atoms with van der Waals surface area (Å²) in [7, 11) is -1.63. The molecule has 0 bridgehead atoms. The Morgan fingerprint density at radius 2 is 1.38 bits per heavy atom. The van der Waals surface area contributed by atoms with Crippen molar-refractivity contribution in [3.05, 3.63) is 120 Å². The second kappa shape index (κ2) is 10.0. The highest BCUT2D eigenvalue weighted by atomic mass is 31.1. The smallest absolute Gasteiger partial charge is 0.387 e. The van der Waals surface area contributed by atoms with E-state index in [4.69, 9.17) is 12.9 Å². The number of rotatable bonds is 3. The van der Waals surface area contributed by atoms with Crippen LogP contribution in [-0.4, -0.2) is 6.10 Å². The number of fused-ring (bicyclic) bond motifs is 8. The lowest BCUT2D eigenvalue weighted by Crippen LogP contribution is -2.27. The first-order chi connectivity index (χ1) is 19.8. The summed E-state index contributed by atoms with van der Waals surface area (Å²) in [6.07, 6.45) is 10.9. The van der Waals surface area contributed by atoms with Crippen LogP contribution >= 0.6 is 8.24 Å². The molecule has 0 N–H and O–H groups in total. The Hall–Kier alpha value is -3.78. The van der Waals surface area contributed by atoms with Crippen molar-refractivity contribution in [1.29, 1.82) is 0 Å². The Bertz CT molecular complexity index is 1970. The van der Waals surface area contributed by atoms with Gasteiger partial charge in [0.15, 0.2) is 0 Å². The average Bonchev–Trinajstić information content (AvgIpc) is 3.18. The maximum absolute atomic E-state index is 6.87. The summed E-state index contributed by atoms with van der Waals surface area (Å²) in [6, 6.07) is 32.7. The molecule has 5 aromatic carbocycles. The molecule has 0 radical (unpaired) electrons. The Kier molecular flexibility index (Phi) is 6.01. The summed E-state index contributed by atoms with van der Waals surface area (Å²) in [6.45, 7) is 0. The molecular formula is C36H31O3P. The van der Waals surface area contributed by atoms with Gasteiger partial charge in [-0.05, 0) is 76.1 Å². The maximum atomic E-state index is 6.87. The van der Waals surface area contributed by atoms with Gasteiger partial charge in [0.2, 0.25) is 0 Å². The van der Waals surface area contributed by atoms with E-state index in [0.717, 1.165) is 54.0 Å². The Morgan fingerprint density at radius 1 is 0.650 bits per heavy atom. The van der Waals surface area contributed by atoms with Crippen molar-refractivity contribution in [3.63, 3.8) is 0 Å². The summed E-state index contributed by atoms with van der Waals surface area (Å²) in [5.74, 6) is 0.320. The van der Waals surface area contributed by atoms with Gasteiger partial charge in [-0.2, -0.15) is 0 Å². The van der Waals surface area contributed by atoms with E-state index in [1.807, 2.05) is 0 Å². The molecule has 1 aromatic heterocycles. The van der Waals surface area contributed by atoms with Gasteiger partial charge in [0.25, 0.3) is 0 Å². The molecule has 2 aliphatic rings. The first-order valence-corrected chi connectivity index (χ1v) is 15.5. The van der Waals surface area contributed by atoms with E-state index >= 15 is 0 Å². The Labute approximate surface area is 234 Å². The molecule has 40 heavy (non-hydrogen) atoms. The van der Waals surface area contributed by atoms with Crippen LogP contribution in [0.3, 0.4) is 0 Å². The zero-order chi connectivity index (χ0) is 26.5. The quantitative estimate of drug-likeness (QED) is 0.209. The number of hydrogen-bond acceptors (Lipinski definition) is 3. The van der Waals surface area contributed by atoms with Gasteiger partial charge in [-0.1, -0.05) is 104 Å². The third-order valence-electron chi connectivity index (χ3n) is 8.81. The fourth-order valence-corrected chi connectivity index (χ4v) is 8.04. The monoisotopic (exact) mass is 542 g/mol. The molecule has 1 saturated carbocycles. The number of hydrogen-bond donors (Lipinski definition) is 0. The van der Waals surface area contributed by atoms with Crippen LogP contribution in [0.25, 0.3) is 43.5 Å². The number of benzene rings is 5. The summed E-state index contributed by atoms with van der Waals surface area (Å²) in [4.78, 5) is 0. The van der Waals surface area contributed by atoms with E-state index in [1.165, 1.54) is 44.7 Å². The van der Waals surface area contributed by atoms with Gasteiger partial charge in [0.05, 0.1) is 6.10 Å². The molecule has 4 heteroatoms. The second-order valence-corrected chi connectivity index (χ2v) is 12.2. The van der Waals surface area contributed by atoms with Gasteiger partial charge >= 0.3 is 8.24 Å². The highest BCUT2D eigenvalue weighted by Gasteiger charge is 2.30. The van der Waals surface area contributed by atoms with Gasteiger partial charge in [0.1, 0.15) is 11.2 Å². The van der Waals surface area contributed by atoms with Crippen LogP contribution in [0.1, 0.15) is 48.3 Å². The lowest BCUT2D eigenvalue weighted by Gasteiger charge is -2.30. The first kappa shape index (κ1) is 24.1. The van der Waals surface area contributed by atoms with Gasteiger partial charge in [-0.25, -0.2) is 0 Å². The largest absolute Gasteiger partial charge is 0.399 e. The molecule has 1 fully saturated rings. The molecule has 6 aromatic rings. The van der Waals surface area contributed by atoms with Gasteiger partial charge in [-0.15, -0.1) is 0 Å². The molecule has 3 atom stereocenters. The van der Waals surface area contributed by atoms with Crippen molar-refractivity contribution in [1.82, 2.24) is 0 Å². The fraction of sp³-hybridized carbons (Fsp3) is 0.222. The average molecular weight is 543 g/mol. The van der Waals surface area contributed by atoms with E-state index in [0.29, 0.717) is 5.92 Å². The van der Waals surface area contributed by atoms with Crippen LogP contribution in [0.2, 0.25) is 0 Å². The topological polar surface area (TPSA) is 35.5 Å². The standard InChI is InChI=1S/C36H31O3P/c1-2-12-27-23-28(18-17-24(27)9-1)29-13-7-8-16-32(29)37-40-38-33-21-19-25-10-3-5-14-30(25)35(33)36-31-15-6-4-11-26(31)20-22-34(36)39-40/h1-6,9-10,12,14,17-23,29,32H,7-8,11,13,15-16H2/t29-,32+,40?/m0/s1. The minimum atomic E-state index is -1.63. The molecule has 1 unspecified atom stereocenters. The zero-order valence-electron chi connectivity index (χ0n) is 22.4. The van der Waals surface area contributed by atoms with Crippen LogP contribution in [-0.2, 0) is 12.8 Å². The number of allylic oxidation sites excluding steroid dienone is 2.